The van der Waals surface area contributed by atoms with Gasteiger partial charge in [-0.1, -0.05) is 43.2 Å². The van der Waals surface area contributed by atoms with Crippen LogP contribution < -0.4 is 15.4 Å². The minimum atomic E-state index is -0.159. The molecule has 2 N–H and O–H groups in total. The van der Waals surface area contributed by atoms with E-state index in [9.17, 15) is 9.59 Å². The van der Waals surface area contributed by atoms with Crippen LogP contribution in [0.4, 0.5) is 5.69 Å². The fraction of sp³-hybridized carbons (Fsp3) is 0.391. The van der Waals surface area contributed by atoms with Crippen molar-refractivity contribution in [3.05, 3.63) is 60.2 Å². The Morgan fingerprint density at radius 2 is 1.72 bits per heavy atom. The smallest absolute Gasteiger partial charge is 0.253 e. The first-order valence-electron chi connectivity index (χ1n) is 10.2. The summed E-state index contributed by atoms with van der Waals surface area (Å²) in [5.74, 6) is 0.526. The number of hydrogen-bond donors (Lipinski definition) is 2. The molecule has 0 radical (unpaired) electrons. The fourth-order valence-electron chi connectivity index (χ4n) is 3.47. The Hall–Kier alpha value is -2.86. The van der Waals surface area contributed by atoms with Gasteiger partial charge < -0.3 is 15.4 Å². The number of anilines is 1. The van der Waals surface area contributed by atoms with Gasteiger partial charge in [-0.05, 0) is 44.2 Å². The summed E-state index contributed by atoms with van der Waals surface area (Å²) in [6, 6.07) is 17.0. The second-order valence-corrected chi connectivity index (χ2v) is 7.45. The molecule has 2 amide bonds. The number of amides is 2. The van der Waals surface area contributed by atoms with Crippen LogP contribution in [0, 0.1) is 0 Å². The molecule has 1 fully saturated rings. The monoisotopic (exact) mass is 395 g/mol. The first-order chi connectivity index (χ1) is 14.1. The Morgan fingerprint density at radius 1 is 1.03 bits per heavy atom. The van der Waals surface area contributed by atoms with Gasteiger partial charge in [0.2, 0.25) is 5.91 Å². The van der Waals surface area contributed by atoms with Crippen LogP contribution in [0.2, 0.25) is 0 Å². The number of para-hydroxylation sites is 2. The number of likely N-dealkylation sites (N-methyl/N-ethyl adjacent to an activating group) is 1. The van der Waals surface area contributed by atoms with Crippen molar-refractivity contribution in [3.8, 4) is 5.75 Å². The number of benzene rings is 2. The quantitative estimate of drug-likeness (QED) is 0.683. The van der Waals surface area contributed by atoms with Gasteiger partial charge in [0, 0.05) is 12.6 Å². The maximum atomic E-state index is 12.6. The van der Waals surface area contributed by atoms with Crippen molar-refractivity contribution in [2.24, 2.45) is 0 Å². The van der Waals surface area contributed by atoms with Gasteiger partial charge in [-0.2, -0.15) is 0 Å². The molecular formula is C23H29N3O3. The summed E-state index contributed by atoms with van der Waals surface area (Å²) in [5.41, 5.74) is 1.05. The highest BCUT2D eigenvalue weighted by Crippen LogP contribution is 2.20. The number of hydrogen-bond acceptors (Lipinski definition) is 4. The predicted molar refractivity (Wildman–Crippen MR) is 114 cm³/mol. The third-order valence-corrected chi connectivity index (χ3v) is 5.03. The lowest BCUT2D eigenvalue weighted by Gasteiger charge is -2.18. The van der Waals surface area contributed by atoms with Gasteiger partial charge in [-0.3, -0.25) is 14.5 Å². The second-order valence-electron chi connectivity index (χ2n) is 7.45. The van der Waals surface area contributed by atoms with Gasteiger partial charge >= 0.3 is 0 Å². The number of nitrogens with zero attached hydrogens (tertiary/aromatic N) is 1. The molecular weight excluding hydrogens is 366 g/mol. The van der Waals surface area contributed by atoms with Gasteiger partial charge in [-0.15, -0.1) is 0 Å². The summed E-state index contributed by atoms with van der Waals surface area (Å²) in [6.45, 7) is 1.33. The van der Waals surface area contributed by atoms with E-state index in [1.54, 1.807) is 12.1 Å². The van der Waals surface area contributed by atoms with E-state index in [1.807, 2.05) is 54.4 Å². The van der Waals surface area contributed by atoms with Crippen molar-refractivity contribution in [2.45, 2.75) is 31.7 Å². The van der Waals surface area contributed by atoms with Crippen LogP contribution in [-0.2, 0) is 4.79 Å². The maximum absolute atomic E-state index is 12.6. The molecule has 2 aromatic rings. The van der Waals surface area contributed by atoms with E-state index < -0.39 is 0 Å². The predicted octanol–water partition coefficient (Wildman–Crippen LogP) is 3.31. The number of ether oxygens (including phenoxy) is 1. The number of nitrogens with one attached hydrogen (secondary N) is 2. The summed E-state index contributed by atoms with van der Waals surface area (Å²) in [5, 5.41) is 5.95. The highest BCUT2D eigenvalue weighted by Gasteiger charge is 2.20. The third-order valence-electron chi connectivity index (χ3n) is 5.03. The van der Waals surface area contributed by atoms with Crippen LogP contribution >= 0.6 is 0 Å². The molecule has 0 saturated heterocycles. The Morgan fingerprint density at radius 3 is 2.48 bits per heavy atom. The zero-order valence-electron chi connectivity index (χ0n) is 16.9. The molecule has 1 aliphatic rings. The number of rotatable bonds is 9. The first kappa shape index (κ1) is 20.9. The van der Waals surface area contributed by atoms with Crippen molar-refractivity contribution in [3.63, 3.8) is 0 Å². The average molecular weight is 396 g/mol. The van der Waals surface area contributed by atoms with Gasteiger partial charge in [0.1, 0.15) is 12.4 Å². The minimum Gasteiger partial charge on any atom is -0.492 e. The Bertz CT molecular complexity index is 804. The molecule has 0 bridgehead atoms. The van der Waals surface area contributed by atoms with E-state index >= 15 is 0 Å². The average Bonchev–Trinajstić information content (AvgIpc) is 3.22. The lowest BCUT2D eigenvalue weighted by molar-refractivity contribution is -0.117. The van der Waals surface area contributed by atoms with E-state index in [0.29, 0.717) is 24.4 Å². The lowest BCUT2D eigenvalue weighted by atomic mass is 10.1. The van der Waals surface area contributed by atoms with Crippen LogP contribution in [0.25, 0.3) is 0 Å². The molecule has 0 aromatic heterocycles. The van der Waals surface area contributed by atoms with Crippen molar-refractivity contribution >= 4 is 17.5 Å². The number of carbonyl (C=O) groups is 2. The van der Waals surface area contributed by atoms with Gasteiger partial charge in [0.15, 0.2) is 0 Å². The van der Waals surface area contributed by atoms with Crippen LogP contribution in [0.3, 0.4) is 0 Å². The van der Waals surface area contributed by atoms with Gasteiger partial charge in [0.25, 0.3) is 5.91 Å². The van der Waals surface area contributed by atoms with Crippen molar-refractivity contribution in [1.29, 1.82) is 0 Å². The van der Waals surface area contributed by atoms with Crippen molar-refractivity contribution in [2.75, 3.05) is 32.1 Å². The summed E-state index contributed by atoms with van der Waals surface area (Å²) in [7, 11) is 1.87. The molecule has 3 rings (SSSR count). The normalized spacial score (nSPS) is 14.0. The topological polar surface area (TPSA) is 70.7 Å². The fourth-order valence-corrected chi connectivity index (χ4v) is 3.47. The van der Waals surface area contributed by atoms with Gasteiger partial charge in [0.05, 0.1) is 17.8 Å². The summed E-state index contributed by atoms with van der Waals surface area (Å²) in [4.78, 5) is 27.0. The molecule has 6 nitrogen and oxygen atoms in total. The lowest BCUT2D eigenvalue weighted by Crippen LogP contribution is -2.35. The molecule has 0 atom stereocenters. The minimum absolute atomic E-state index is 0.127. The second kappa shape index (κ2) is 10.6. The zero-order chi connectivity index (χ0) is 20.5. The van der Waals surface area contributed by atoms with E-state index in [1.165, 1.54) is 0 Å². The molecule has 0 heterocycles. The number of carbonyl (C=O) groups excluding carboxylic acids is 2. The molecule has 6 heteroatoms. The van der Waals surface area contributed by atoms with Gasteiger partial charge in [-0.25, -0.2) is 0 Å². The zero-order valence-corrected chi connectivity index (χ0v) is 16.9. The summed E-state index contributed by atoms with van der Waals surface area (Å²) < 4.78 is 5.66. The Kier molecular flexibility index (Phi) is 7.64. The molecule has 0 spiro atoms. The SMILES string of the molecule is CN(CCOc1ccccc1)CC(=O)Nc1ccccc1C(=O)NC1CCCC1. The molecule has 1 aliphatic carbocycles. The highest BCUT2D eigenvalue weighted by molar-refractivity contribution is 6.04. The standard InChI is InChI=1S/C23H29N3O3/c1-26(15-16-29-19-11-3-2-4-12-19)17-22(27)25-21-14-8-7-13-20(21)23(28)24-18-9-5-6-10-18/h2-4,7-8,11-14,18H,5-6,9-10,15-17H2,1H3,(H,24,28)(H,25,27). The van der Waals surface area contributed by atoms with E-state index in [0.717, 1.165) is 31.4 Å². The molecule has 2 aromatic carbocycles. The summed E-state index contributed by atoms with van der Waals surface area (Å²) in [6.07, 6.45) is 4.36. The van der Waals surface area contributed by atoms with Crippen LogP contribution in [0.5, 0.6) is 5.75 Å². The molecule has 1 saturated carbocycles. The summed E-state index contributed by atoms with van der Waals surface area (Å²) >= 11 is 0. The maximum Gasteiger partial charge on any atom is 0.253 e. The van der Waals surface area contributed by atoms with E-state index in [4.69, 9.17) is 4.74 Å². The van der Waals surface area contributed by atoms with Crippen molar-refractivity contribution in [1.82, 2.24) is 10.2 Å². The highest BCUT2D eigenvalue weighted by atomic mass is 16.5. The Labute approximate surface area is 172 Å². The van der Waals surface area contributed by atoms with Crippen molar-refractivity contribution < 1.29 is 14.3 Å². The Balaban J connectivity index is 1.47. The van der Waals surface area contributed by atoms with E-state index in [2.05, 4.69) is 10.6 Å². The van der Waals surface area contributed by atoms with Crippen LogP contribution in [0.1, 0.15) is 36.0 Å². The molecule has 0 aliphatic heterocycles. The molecule has 0 unspecified atom stereocenters. The largest absolute Gasteiger partial charge is 0.492 e. The molecule has 29 heavy (non-hydrogen) atoms. The molecule has 154 valence electrons. The third kappa shape index (κ3) is 6.61. The van der Waals surface area contributed by atoms with Crippen LogP contribution in [-0.4, -0.2) is 49.5 Å². The van der Waals surface area contributed by atoms with Crippen LogP contribution in [0.15, 0.2) is 54.6 Å². The first-order valence-corrected chi connectivity index (χ1v) is 10.2. The van der Waals surface area contributed by atoms with E-state index in [-0.39, 0.29) is 24.4 Å².